The third-order valence-corrected chi connectivity index (χ3v) is 2.66. The SMILES string of the molecule is CCC/C=C(\C)SCCCC. The molecule has 0 nitrogen and oxygen atoms in total. The fourth-order valence-corrected chi connectivity index (χ4v) is 1.77. The lowest BCUT2D eigenvalue weighted by atomic mass is 10.3. The minimum Gasteiger partial charge on any atom is -0.131 e. The Bertz CT molecular complexity index is 105. The minimum atomic E-state index is 1.24. The van der Waals surface area contributed by atoms with Crippen molar-refractivity contribution in [2.75, 3.05) is 5.75 Å². The Labute approximate surface area is 75.5 Å². The van der Waals surface area contributed by atoms with Gasteiger partial charge >= 0.3 is 0 Å². The Morgan fingerprint density at radius 2 is 2.00 bits per heavy atom. The summed E-state index contributed by atoms with van der Waals surface area (Å²) in [5.74, 6) is 1.29. The molecular formula is C10H20S. The zero-order chi connectivity index (χ0) is 8.53. The van der Waals surface area contributed by atoms with E-state index in [2.05, 4.69) is 26.8 Å². The van der Waals surface area contributed by atoms with Crippen LogP contribution in [-0.2, 0) is 0 Å². The molecule has 0 aromatic carbocycles. The molecule has 0 saturated heterocycles. The molecule has 0 aliphatic heterocycles. The number of hydrogen-bond acceptors (Lipinski definition) is 1. The molecule has 0 N–H and O–H groups in total. The zero-order valence-corrected chi connectivity index (χ0v) is 8.84. The highest BCUT2D eigenvalue weighted by Gasteiger charge is 1.89. The van der Waals surface area contributed by atoms with Crippen molar-refractivity contribution in [3.8, 4) is 0 Å². The van der Waals surface area contributed by atoms with Crippen molar-refractivity contribution in [1.82, 2.24) is 0 Å². The molecule has 0 bridgehead atoms. The number of unbranched alkanes of at least 4 members (excludes halogenated alkanes) is 2. The van der Waals surface area contributed by atoms with Gasteiger partial charge in [-0.2, -0.15) is 0 Å². The van der Waals surface area contributed by atoms with Crippen LogP contribution in [0.4, 0.5) is 0 Å². The highest BCUT2D eigenvalue weighted by Crippen LogP contribution is 2.17. The van der Waals surface area contributed by atoms with Crippen molar-refractivity contribution in [1.29, 1.82) is 0 Å². The second-order valence-electron chi connectivity index (χ2n) is 2.81. The maximum Gasteiger partial charge on any atom is -0.00236 e. The van der Waals surface area contributed by atoms with Gasteiger partial charge < -0.3 is 0 Å². The van der Waals surface area contributed by atoms with Gasteiger partial charge in [-0.1, -0.05) is 32.8 Å². The molecule has 66 valence electrons. The first-order chi connectivity index (χ1) is 5.31. The first-order valence-corrected chi connectivity index (χ1v) is 5.59. The summed E-state index contributed by atoms with van der Waals surface area (Å²) in [5, 5.41) is 0. The summed E-state index contributed by atoms with van der Waals surface area (Å²) in [7, 11) is 0. The normalized spacial score (nSPS) is 12.1. The van der Waals surface area contributed by atoms with Crippen LogP contribution in [0.25, 0.3) is 0 Å². The number of thioether (sulfide) groups is 1. The second-order valence-corrected chi connectivity index (χ2v) is 4.15. The van der Waals surface area contributed by atoms with Crippen molar-refractivity contribution in [3.05, 3.63) is 11.0 Å². The second kappa shape index (κ2) is 8.19. The third-order valence-electron chi connectivity index (χ3n) is 1.55. The van der Waals surface area contributed by atoms with Crippen molar-refractivity contribution in [2.24, 2.45) is 0 Å². The lowest BCUT2D eigenvalue weighted by Gasteiger charge is -1.98. The number of rotatable bonds is 6. The fourth-order valence-electron chi connectivity index (χ4n) is 0.784. The van der Waals surface area contributed by atoms with Crippen LogP contribution in [0, 0.1) is 0 Å². The average Bonchev–Trinajstić information content (AvgIpc) is 2.01. The predicted octanol–water partition coefficient (Wildman–Crippen LogP) is 4.22. The van der Waals surface area contributed by atoms with Gasteiger partial charge in [-0.25, -0.2) is 0 Å². The summed E-state index contributed by atoms with van der Waals surface area (Å²) < 4.78 is 0. The highest BCUT2D eigenvalue weighted by atomic mass is 32.2. The molecule has 1 heteroatoms. The monoisotopic (exact) mass is 172 g/mol. The summed E-state index contributed by atoms with van der Waals surface area (Å²) in [6, 6.07) is 0. The van der Waals surface area contributed by atoms with E-state index in [1.54, 1.807) is 0 Å². The van der Waals surface area contributed by atoms with Crippen LogP contribution in [0.2, 0.25) is 0 Å². The first-order valence-electron chi connectivity index (χ1n) is 4.60. The van der Waals surface area contributed by atoms with Crippen molar-refractivity contribution >= 4 is 11.8 Å². The molecule has 0 amide bonds. The molecule has 0 heterocycles. The van der Waals surface area contributed by atoms with E-state index in [9.17, 15) is 0 Å². The lowest BCUT2D eigenvalue weighted by molar-refractivity contribution is 0.897. The molecule has 0 aromatic rings. The average molecular weight is 172 g/mol. The van der Waals surface area contributed by atoms with Crippen molar-refractivity contribution < 1.29 is 0 Å². The van der Waals surface area contributed by atoms with Crippen LogP contribution in [0.15, 0.2) is 11.0 Å². The van der Waals surface area contributed by atoms with Gasteiger partial charge in [0.2, 0.25) is 0 Å². The predicted molar refractivity (Wildman–Crippen MR) is 56.0 cm³/mol. The summed E-state index contributed by atoms with van der Waals surface area (Å²) in [5.41, 5.74) is 0. The topological polar surface area (TPSA) is 0 Å². The van der Waals surface area contributed by atoms with E-state index in [0.717, 1.165) is 0 Å². The van der Waals surface area contributed by atoms with Gasteiger partial charge in [0.25, 0.3) is 0 Å². The molecule has 0 radical (unpaired) electrons. The number of allylic oxidation sites excluding steroid dienone is 2. The van der Waals surface area contributed by atoms with Gasteiger partial charge in [-0.05, 0) is 30.4 Å². The fraction of sp³-hybridized carbons (Fsp3) is 0.800. The molecule has 11 heavy (non-hydrogen) atoms. The molecular weight excluding hydrogens is 152 g/mol. The van der Waals surface area contributed by atoms with Crippen LogP contribution >= 0.6 is 11.8 Å². The highest BCUT2D eigenvalue weighted by molar-refractivity contribution is 8.03. The standard InChI is InChI=1S/C10H20S/c1-4-6-8-10(3)11-9-7-5-2/h8H,4-7,9H2,1-3H3/b10-8+. The number of hydrogen-bond donors (Lipinski definition) is 0. The molecule has 0 aliphatic rings. The Morgan fingerprint density at radius 3 is 2.55 bits per heavy atom. The van der Waals surface area contributed by atoms with Crippen LogP contribution in [-0.4, -0.2) is 5.75 Å². The maximum atomic E-state index is 2.35. The van der Waals surface area contributed by atoms with Gasteiger partial charge in [-0.3, -0.25) is 0 Å². The molecule has 0 spiro atoms. The van der Waals surface area contributed by atoms with Gasteiger partial charge in [0.1, 0.15) is 0 Å². The van der Waals surface area contributed by atoms with E-state index in [0.29, 0.717) is 0 Å². The van der Waals surface area contributed by atoms with E-state index < -0.39 is 0 Å². The van der Waals surface area contributed by atoms with Crippen LogP contribution < -0.4 is 0 Å². The molecule has 0 atom stereocenters. The molecule has 0 unspecified atom stereocenters. The Kier molecular flexibility index (Phi) is 8.26. The Hall–Kier alpha value is 0.0900. The molecule has 0 fully saturated rings. The van der Waals surface area contributed by atoms with E-state index in [1.807, 2.05) is 11.8 Å². The Morgan fingerprint density at radius 1 is 1.27 bits per heavy atom. The van der Waals surface area contributed by atoms with E-state index >= 15 is 0 Å². The van der Waals surface area contributed by atoms with Gasteiger partial charge in [0, 0.05) is 0 Å². The molecule has 0 rings (SSSR count). The quantitative estimate of drug-likeness (QED) is 0.540. The largest absolute Gasteiger partial charge is 0.131 e. The summed E-state index contributed by atoms with van der Waals surface area (Å²) in [6.07, 6.45) is 7.52. The van der Waals surface area contributed by atoms with E-state index in [-0.39, 0.29) is 0 Å². The first kappa shape index (κ1) is 11.1. The van der Waals surface area contributed by atoms with Crippen molar-refractivity contribution in [2.45, 2.75) is 46.5 Å². The summed E-state index contributed by atoms with van der Waals surface area (Å²) >= 11 is 2.00. The van der Waals surface area contributed by atoms with Gasteiger partial charge in [0.15, 0.2) is 0 Å². The van der Waals surface area contributed by atoms with Crippen LogP contribution in [0.3, 0.4) is 0 Å². The summed E-state index contributed by atoms with van der Waals surface area (Å²) in [4.78, 5) is 1.50. The Balaban J connectivity index is 3.27. The van der Waals surface area contributed by atoms with Gasteiger partial charge in [-0.15, -0.1) is 11.8 Å². The van der Waals surface area contributed by atoms with Gasteiger partial charge in [0.05, 0.1) is 0 Å². The van der Waals surface area contributed by atoms with E-state index in [1.165, 1.54) is 36.3 Å². The minimum absolute atomic E-state index is 1.24. The zero-order valence-electron chi connectivity index (χ0n) is 8.02. The summed E-state index contributed by atoms with van der Waals surface area (Å²) in [6.45, 7) is 6.68. The third kappa shape index (κ3) is 7.99. The van der Waals surface area contributed by atoms with Crippen LogP contribution in [0.1, 0.15) is 46.5 Å². The maximum absolute atomic E-state index is 2.35. The smallest absolute Gasteiger partial charge is 0.00236 e. The van der Waals surface area contributed by atoms with E-state index in [4.69, 9.17) is 0 Å². The van der Waals surface area contributed by atoms with Crippen LogP contribution in [0.5, 0.6) is 0 Å². The van der Waals surface area contributed by atoms with Crippen molar-refractivity contribution in [3.63, 3.8) is 0 Å². The molecule has 0 aromatic heterocycles. The molecule has 0 aliphatic carbocycles. The lowest BCUT2D eigenvalue weighted by Crippen LogP contribution is -1.77. The molecule has 0 saturated carbocycles.